The summed E-state index contributed by atoms with van der Waals surface area (Å²) in [6.07, 6.45) is 1.74. The van der Waals surface area contributed by atoms with Crippen LogP contribution in [0, 0.1) is 6.92 Å². The lowest BCUT2D eigenvalue weighted by Crippen LogP contribution is -2.40. The van der Waals surface area contributed by atoms with Gasteiger partial charge in [0.05, 0.1) is 28.5 Å². The number of carbonyl (C=O) groups is 1. The predicted molar refractivity (Wildman–Crippen MR) is 178 cm³/mol. The Balaban J connectivity index is 1.55. The van der Waals surface area contributed by atoms with Crippen LogP contribution in [-0.2, 0) is 9.53 Å². The minimum Gasteiger partial charge on any atom is -0.463 e. The number of carbonyl (C=O) groups excluding carboxylic acids is 1. The van der Waals surface area contributed by atoms with Crippen LogP contribution in [0.1, 0.15) is 60.7 Å². The summed E-state index contributed by atoms with van der Waals surface area (Å²) >= 11 is 4.90. The largest absolute Gasteiger partial charge is 0.463 e. The Labute approximate surface area is 267 Å². The smallest absolute Gasteiger partial charge is 0.338 e. The van der Waals surface area contributed by atoms with Gasteiger partial charge < -0.3 is 9.15 Å². The SMILES string of the molecule is CCOC(=O)C1=C(c2ccccc2)N=c2s/c(=C\c3ccc(-c4ccc(C)cc4Br)o3)c(=O)n2[C@@H]1c1ccc(C(C)C)cc1. The maximum Gasteiger partial charge on any atom is 0.338 e. The standard InChI is InChI=1S/C36H31BrN2O4S/c1-5-42-35(41)31-32(24-9-7-6-8-10-24)38-36-39(33(31)25-14-12-23(13-15-25)21(2)3)34(40)30(44-36)20-26-16-18-29(43-26)27-17-11-22(4)19-28(27)37/h6-21,33H,5H2,1-4H3/b30-20-/t33-/m1/s1. The molecule has 0 unspecified atom stereocenters. The fourth-order valence-electron chi connectivity index (χ4n) is 5.34. The summed E-state index contributed by atoms with van der Waals surface area (Å²) in [5.41, 5.74) is 5.38. The Morgan fingerprint density at radius 1 is 1.07 bits per heavy atom. The van der Waals surface area contributed by atoms with Crippen molar-refractivity contribution in [2.24, 2.45) is 4.99 Å². The molecular formula is C36H31BrN2O4S. The zero-order valence-corrected chi connectivity index (χ0v) is 27.2. The maximum atomic E-state index is 14.2. The van der Waals surface area contributed by atoms with E-state index in [4.69, 9.17) is 14.1 Å². The summed E-state index contributed by atoms with van der Waals surface area (Å²) < 4.78 is 14.7. The highest BCUT2D eigenvalue weighted by Gasteiger charge is 2.35. The van der Waals surface area contributed by atoms with Gasteiger partial charge in [0, 0.05) is 21.7 Å². The van der Waals surface area contributed by atoms with Gasteiger partial charge in [0.1, 0.15) is 11.5 Å². The molecule has 3 aromatic carbocycles. The van der Waals surface area contributed by atoms with Crippen LogP contribution in [-0.4, -0.2) is 17.1 Å². The number of furan rings is 1. The van der Waals surface area contributed by atoms with Crippen molar-refractivity contribution in [3.05, 3.63) is 143 Å². The second-order valence-corrected chi connectivity index (χ2v) is 12.8. The lowest BCUT2D eigenvalue weighted by atomic mass is 9.91. The van der Waals surface area contributed by atoms with E-state index in [9.17, 15) is 9.59 Å². The second-order valence-electron chi connectivity index (χ2n) is 10.9. The third-order valence-electron chi connectivity index (χ3n) is 7.58. The van der Waals surface area contributed by atoms with Crippen molar-refractivity contribution >= 4 is 45.0 Å². The van der Waals surface area contributed by atoms with Crippen molar-refractivity contribution in [2.45, 2.75) is 39.7 Å². The van der Waals surface area contributed by atoms with Gasteiger partial charge in [0.25, 0.3) is 5.56 Å². The monoisotopic (exact) mass is 666 g/mol. The summed E-state index contributed by atoms with van der Waals surface area (Å²) in [6.45, 7) is 8.27. The van der Waals surface area contributed by atoms with Crippen molar-refractivity contribution in [2.75, 3.05) is 6.61 Å². The average Bonchev–Trinajstić information content (AvgIpc) is 3.60. The fourth-order valence-corrected chi connectivity index (χ4v) is 7.01. The van der Waals surface area contributed by atoms with E-state index in [0.717, 1.165) is 26.7 Å². The minimum absolute atomic E-state index is 0.200. The predicted octanol–water partition coefficient (Wildman–Crippen LogP) is 7.39. The molecule has 0 fully saturated rings. The van der Waals surface area contributed by atoms with E-state index in [-0.39, 0.29) is 12.2 Å². The summed E-state index contributed by atoms with van der Waals surface area (Å²) in [4.78, 5) is 33.3. The van der Waals surface area contributed by atoms with Crippen LogP contribution in [0.15, 0.2) is 109 Å². The molecule has 0 amide bonds. The second kappa shape index (κ2) is 12.4. The summed E-state index contributed by atoms with van der Waals surface area (Å²) in [6, 6.07) is 26.7. The molecule has 222 valence electrons. The maximum absolute atomic E-state index is 14.2. The van der Waals surface area contributed by atoms with Gasteiger partial charge in [-0.3, -0.25) is 9.36 Å². The van der Waals surface area contributed by atoms with Crippen LogP contribution < -0.4 is 14.9 Å². The Morgan fingerprint density at radius 3 is 2.50 bits per heavy atom. The first-order valence-electron chi connectivity index (χ1n) is 14.5. The average molecular weight is 668 g/mol. The number of aromatic nitrogens is 1. The van der Waals surface area contributed by atoms with Crippen LogP contribution in [0.3, 0.4) is 0 Å². The molecule has 1 atom stereocenters. The molecule has 2 aromatic heterocycles. The molecule has 0 spiro atoms. The first-order valence-corrected chi connectivity index (χ1v) is 16.1. The van der Waals surface area contributed by atoms with Gasteiger partial charge in [-0.1, -0.05) is 102 Å². The van der Waals surface area contributed by atoms with E-state index in [1.165, 1.54) is 16.9 Å². The molecule has 1 aliphatic rings. The Hall–Kier alpha value is -4.27. The van der Waals surface area contributed by atoms with Crippen LogP contribution in [0.4, 0.5) is 0 Å². The number of thiazole rings is 1. The highest BCUT2D eigenvalue weighted by Crippen LogP contribution is 2.36. The lowest BCUT2D eigenvalue weighted by molar-refractivity contribution is -0.138. The minimum atomic E-state index is -0.723. The molecule has 5 aromatic rings. The normalized spacial score (nSPS) is 15.0. The Kier molecular flexibility index (Phi) is 8.38. The summed E-state index contributed by atoms with van der Waals surface area (Å²) in [5.74, 6) is 1.07. The van der Waals surface area contributed by atoms with Gasteiger partial charge in [0.15, 0.2) is 4.80 Å². The molecule has 6 nitrogen and oxygen atoms in total. The van der Waals surface area contributed by atoms with Crippen molar-refractivity contribution in [1.29, 1.82) is 0 Å². The molecule has 6 rings (SSSR count). The van der Waals surface area contributed by atoms with Crippen LogP contribution in [0.5, 0.6) is 0 Å². The highest BCUT2D eigenvalue weighted by molar-refractivity contribution is 9.10. The van der Waals surface area contributed by atoms with E-state index in [1.807, 2.05) is 79.7 Å². The van der Waals surface area contributed by atoms with Crippen molar-refractivity contribution in [1.82, 2.24) is 4.57 Å². The highest BCUT2D eigenvalue weighted by atomic mass is 79.9. The van der Waals surface area contributed by atoms with E-state index < -0.39 is 12.0 Å². The van der Waals surface area contributed by atoms with Gasteiger partial charge in [-0.05, 0) is 60.7 Å². The van der Waals surface area contributed by atoms with E-state index in [0.29, 0.717) is 38.0 Å². The third kappa shape index (κ3) is 5.67. The van der Waals surface area contributed by atoms with E-state index in [1.54, 1.807) is 17.6 Å². The number of ether oxygens (including phenoxy) is 1. The quantitative estimate of drug-likeness (QED) is 0.170. The number of hydrogen-bond acceptors (Lipinski definition) is 6. The molecular weight excluding hydrogens is 636 g/mol. The number of esters is 1. The molecule has 8 heteroatoms. The van der Waals surface area contributed by atoms with Gasteiger partial charge in [-0.25, -0.2) is 9.79 Å². The number of nitrogens with zero attached hydrogens (tertiary/aromatic N) is 2. The molecule has 0 N–H and O–H groups in total. The fraction of sp³-hybridized carbons (Fsp3) is 0.194. The molecule has 0 saturated heterocycles. The van der Waals surface area contributed by atoms with Crippen LogP contribution in [0.25, 0.3) is 23.1 Å². The molecule has 0 saturated carbocycles. The number of rotatable bonds is 7. The number of benzene rings is 3. The number of hydrogen-bond donors (Lipinski definition) is 0. The zero-order chi connectivity index (χ0) is 31.0. The van der Waals surface area contributed by atoms with Gasteiger partial charge in [-0.15, -0.1) is 0 Å². The third-order valence-corrected chi connectivity index (χ3v) is 9.22. The molecule has 0 bridgehead atoms. The zero-order valence-electron chi connectivity index (χ0n) is 24.8. The first kappa shape index (κ1) is 29.8. The first-order chi connectivity index (χ1) is 21.2. The van der Waals surface area contributed by atoms with Gasteiger partial charge in [-0.2, -0.15) is 0 Å². The Bertz CT molecular complexity index is 2070. The Morgan fingerprint density at radius 2 is 1.82 bits per heavy atom. The molecule has 1 aliphatic heterocycles. The summed E-state index contributed by atoms with van der Waals surface area (Å²) in [5, 5.41) is 0. The molecule has 3 heterocycles. The van der Waals surface area contributed by atoms with Crippen molar-refractivity contribution in [3.8, 4) is 11.3 Å². The number of aryl methyl sites for hydroxylation is 1. The van der Waals surface area contributed by atoms with Crippen LogP contribution >= 0.6 is 27.3 Å². The molecule has 0 aliphatic carbocycles. The lowest BCUT2D eigenvalue weighted by Gasteiger charge is -2.26. The van der Waals surface area contributed by atoms with Crippen molar-refractivity contribution in [3.63, 3.8) is 0 Å². The van der Waals surface area contributed by atoms with Gasteiger partial charge in [0.2, 0.25) is 0 Å². The topological polar surface area (TPSA) is 73.8 Å². The van der Waals surface area contributed by atoms with Crippen molar-refractivity contribution < 1.29 is 13.9 Å². The van der Waals surface area contributed by atoms with Crippen LogP contribution in [0.2, 0.25) is 0 Å². The van der Waals surface area contributed by atoms with E-state index >= 15 is 0 Å². The van der Waals surface area contributed by atoms with Gasteiger partial charge >= 0.3 is 5.97 Å². The number of fused-ring (bicyclic) bond motifs is 1. The number of halogens is 1. The van der Waals surface area contributed by atoms with E-state index in [2.05, 4.69) is 41.9 Å². The summed E-state index contributed by atoms with van der Waals surface area (Å²) in [7, 11) is 0. The molecule has 44 heavy (non-hydrogen) atoms. The molecule has 0 radical (unpaired) electrons.